The maximum atomic E-state index is 12.7. The molecule has 2 aromatic rings. The average Bonchev–Trinajstić information content (AvgIpc) is 2.66. The van der Waals surface area contributed by atoms with Gasteiger partial charge in [-0.1, -0.05) is 12.1 Å². The quantitative estimate of drug-likeness (QED) is 0.773. The summed E-state index contributed by atoms with van der Waals surface area (Å²) in [6.07, 6.45) is 2.51. The Kier molecular flexibility index (Phi) is 5.85. The Labute approximate surface area is 171 Å². The number of nitrogens with one attached hydrogen (secondary N) is 1. The van der Waals surface area contributed by atoms with Gasteiger partial charge in [-0.15, -0.1) is 0 Å². The van der Waals surface area contributed by atoms with Crippen molar-refractivity contribution in [1.29, 1.82) is 0 Å². The van der Waals surface area contributed by atoms with Gasteiger partial charge in [0.1, 0.15) is 0 Å². The molecule has 10 heteroatoms. The zero-order valence-corrected chi connectivity index (χ0v) is 17.8. The van der Waals surface area contributed by atoms with Crippen molar-refractivity contribution in [3.05, 3.63) is 54.1 Å². The predicted molar refractivity (Wildman–Crippen MR) is 114 cm³/mol. The Morgan fingerprint density at radius 1 is 1.10 bits per heavy atom. The number of hydrogen-bond donors (Lipinski definition) is 1. The summed E-state index contributed by atoms with van der Waals surface area (Å²) in [6, 6.07) is 12.9. The van der Waals surface area contributed by atoms with Gasteiger partial charge in [0.05, 0.1) is 23.4 Å². The molecule has 1 fully saturated rings. The highest BCUT2D eigenvalue weighted by Gasteiger charge is 2.26. The van der Waals surface area contributed by atoms with Crippen LogP contribution in [-0.4, -0.2) is 48.3 Å². The second-order valence-corrected chi connectivity index (χ2v) is 10.9. The van der Waals surface area contributed by atoms with Gasteiger partial charge >= 0.3 is 0 Å². The van der Waals surface area contributed by atoms with Crippen molar-refractivity contribution in [2.75, 3.05) is 39.5 Å². The summed E-state index contributed by atoms with van der Waals surface area (Å²) < 4.78 is 50.5. The number of rotatable bonds is 5. The van der Waals surface area contributed by atoms with E-state index in [1.54, 1.807) is 48.5 Å². The molecule has 0 aromatic heterocycles. The summed E-state index contributed by atoms with van der Waals surface area (Å²) >= 11 is 0. The molecule has 1 aliphatic heterocycles. The van der Waals surface area contributed by atoms with Crippen LogP contribution in [0.2, 0.25) is 0 Å². The standard InChI is InChI=1S/C19H23N3O5S2/c1-21(28(2,24)25)17-9-6-8-16(14-17)20-19(23)15-7-5-10-18(13-15)22-11-3-4-12-29(22,26)27/h5-10,13-14H,3-4,11-12H2,1-2H3,(H,20,23). The molecule has 0 aliphatic carbocycles. The highest BCUT2D eigenvalue weighted by Crippen LogP contribution is 2.25. The topological polar surface area (TPSA) is 104 Å². The maximum absolute atomic E-state index is 12.7. The van der Waals surface area contributed by atoms with E-state index in [-0.39, 0.29) is 5.75 Å². The molecular formula is C19H23N3O5S2. The minimum absolute atomic E-state index is 0.101. The number of hydrogen-bond acceptors (Lipinski definition) is 5. The van der Waals surface area contributed by atoms with E-state index in [0.29, 0.717) is 35.6 Å². The van der Waals surface area contributed by atoms with Gasteiger partial charge in [0.2, 0.25) is 20.0 Å². The van der Waals surface area contributed by atoms with Gasteiger partial charge in [-0.05, 0) is 49.2 Å². The molecule has 0 radical (unpaired) electrons. The lowest BCUT2D eigenvalue weighted by Crippen LogP contribution is -2.37. The molecule has 3 rings (SSSR count). The Bertz CT molecular complexity index is 1130. The van der Waals surface area contributed by atoms with Crippen LogP contribution >= 0.6 is 0 Å². The lowest BCUT2D eigenvalue weighted by molar-refractivity contribution is 0.102. The smallest absolute Gasteiger partial charge is 0.255 e. The summed E-state index contributed by atoms with van der Waals surface area (Å²) in [5.41, 5.74) is 1.62. The van der Waals surface area contributed by atoms with Crippen molar-refractivity contribution < 1.29 is 21.6 Å². The zero-order chi connectivity index (χ0) is 21.2. The minimum Gasteiger partial charge on any atom is -0.322 e. The van der Waals surface area contributed by atoms with Gasteiger partial charge in [0.25, 0.3) is 5.91 Å². The lowest BCUT2D eigenvalue weighted by atomic mass is 10.1. The summed E-state index contributed by atoms with van der Waals surface area (Å²) in [7, 11) is -5.36. The van der Waals surface area contributed by atoms with Gasteiger partial charge in [-0.3, -0.25) is 13.4 Å². The Morgan fingerprint density at radius 2 is 1.83 bits per heavy atom. The third-order valence-corrected chi connectivity index (χ3v) is 7.79. The van der Waals surface area contributed by atoms with Crippen molar-refractivity contribution in [3.63, 3.8) is 0 Å². The Hall–Kier alpha value is -2.59. The van der Waals surface area contributed by atoms with Crippen LogP contribution in [0, 0.1) is 0 Å². The van der Waals surface area contributed by atoms with Crippen LogP contribution in [0.3, 0.4) is 0 Å². The van der Waals surface area contributed by atoms with E-state index in [0.717, 1.165) is 17.0 Å². The van der Waals surface area contributed by atoms with Crippen LogP contribution in [0.4, 0.5) is 17.1 Å². The van der Waals surface area contributed by atoms with Gasteiger partial charge in [0, 0.05) is 24.8 Å². The number of amides is 1. The van der Waals surface area contributed by atoms with Crippen molar-refractivity contribution in [1.82, 2.24) is 0 Å². The predicted octanol–water partition coefficient (Wildman–Crippen LogP) is 2.26. The molecule has 1 saturated heterocycles. The first-order valence-electron chi connectivity index (χ1n) is 9.04. The van der Waals surface area contributed by atoms with Gasteiger partial charge < -0.3 is 5.32 Å². The SMILES string of the molecule is CN(c1cccc(NC(=O)c2cccc(N3CCCCS3(=O)=O)c2)c1)S(C)(=O)=O. The maximum Gasteiger partial charge on any atom is 0.255 e. The molecule has 1 aliphatic rings. The average molecular weight is 438 g/mol. The number of nitrogens with zero attached hydrogens (tertiary/aromatic N) is 2. The summed E-state index contributed by atoms with van der Waals surface area (Å²) in [6.45, 7) is 0.396. The van der Waals surface area contributed by atoms with E-state index in [1.165, 1.54) is 11.4 Å². The van der Waals surface area contributed by atoms with E-state index >= 15 is 0 Å². The number of carbonyl (C=O) groups excluding carboxylic acids is 1. The second kappa shape index (κ2) is 8.03. The third kappa shape index (κ3) is 4.88. The number of benzene rings is 2. The summed E-state index contributed by atoms with van der Waals surface area (Å²) in [5, 5.41) is 2.73. The van der Waals surface area contributed by atoms with E-state index < -0.39 is 26.0 Å². The second-order valence-electron chi connectivity index (χ2n) is 6.88. The fourth-order valence-electron chi connectivity index (χ4n) is 3.06. The van der Waals surface area contributed by atoms with Crippen LogP contribution in [-0.2, 0) is 20.0 Å². The minimum atomic E-state index is -3.42. The fourth-order valence-corrected chi connectivity index (χ4v) is 5.18. The first-order valence-corrected chi connectivity index (χ1v) is 12.5. The number of anilines is 3. The molecule has 0 bridgehead atoms. The summed E-state index contributed by atoms with van der Waals surface area (Å²) in [4.78, 5) is 12.7. The Morgan fingerprint density at radius 3 is 2.52 bits per heavy atom. The lowest BCUT2D eigenvalue weighted by Gasteiger charge is -2.28. The molecule has 0 atom stereocenters. The molecule has 1 N–H and O–H groups in total. The van der Waals surface area contributed by atoms with Crippen molar-refractivity contribution >= 4 is 43.0 Å². The molecule has 1 amide bonds. The third-order valence-electron chi connectivity index (χ3n) is 4.71. The van der Waals surface area contributed by atoms with Crippen LogP contribution in [0.5, 0.6) is 0 Å². The van der Waals surface area contributed by atoms with E-state index in [1.807, 2.05) is 0 Å². The molecule has 156 valence electrons. The molecule has 2 aromatic carbocycles. The first kappa shape index (κ1) is 21.1. The van der Waals surface area contributed by atoms with Crippen molar-refractivity contribution in [3.8, 4) is 0 Å². The van der Waals surface area contributed by atoms with Gasteiger partial charge in [0.15, 0.2) is 0 Å². The first-order chi connectivity index (χ1) is 13.6. The Balaban J connectivity index is 1.82. The van der Waals surface area contributed by atoms with Crippen LogP contribution in [0.15, 0.2) is 48.5 Å². The number of carbonyl (C=O) groups is 1. The monoisotopic (exact) mass is 437 g/mol. The van der Waals surface area contributed by atoms with Crippen LogP contribution in [0.1, 0.15) is 23.2 Å². The molecule has 1 heterocycles. The summed E-state index contributed by atoms with van der Waals surface area (Å²) in [5.74, 6) is -0.315. The molecule has 0 unspecified atom stereocenters. The largest absolute Gasteiger partial charge is 0.322 e. The fraction of sp³-hybridized carbons (Fsp3) is 0.316. The zero-order valence-electron chi connectivity index (χ0n) is 16.2. The highest BCUT2D eigenvalue weighted by molar-refractivity contribution is 7.92. The number of sulfonamides is 2. The van der Waals surface area contributed by atoms with Gasteiger partial charge in [-0.2, -0.15) is 0 Å². The van der Waals surface area contributed by atoms with Crippen molar-refractivity contribution in [2.24, 2.45) is 0 Å². The van der Waals surface area contributed by atoms with Gasteiger partial charge in [-0.25, -0.2) is 16.8 Å². The highest BCUT2D eigenvalue weighted by atomic mass is 32.2. The van der Waals surface area contributed by atoms with Crippen LogP contribution < -0.4 is 13.9 Å². The molecule has 8 nitrogen and oxygen atoms in total. The van der Waals surface area contributed by atoms with E-state index in [2.05, 4.69) is 5.32 Å². The molecule has 0 spiro atoms. The molecular weight excluding hydrogens is 414 g/mol. The van der Waals surface area contributed by atoms with E-state index in [4.69, 9.17) is 0 Å². The van der Waals surface area contributed by atoms with Crippen molar-refractivity contribution in [2.45, 2.75) is 12.8 Å². The van der Waals surface area contributed by atoms with Crippen LogP contribution in [0.25, 0.3) is 0 Å². The molecule has 0 saturated carbocycles. The molecule has 29 heavy (non-hydrogen) atoms. The normalized spacial score (nSPS) is 16.3. The van der Waals surface area contributed by atoms with E-state index in [9.17, 15) is 21.6 Å².